The van der Waals surface area contributed by atoms with Gasteiger partial charge in [0.05, 0.1) is 29.5 Å². The number of nitrogens with zero attached hydrogens (tertiary/aromatic N) is 3. The van der Waals surface area contributed by atoms with Crippen molar-refractivity contribution in [3.63, 3.8) is 0 Å². The third kappa shape index (κ3) is 4.33. The monoisotopic (exact) mass is 471 g/mol. The third-order valence-electron chi connectivity index (χ3n) is 6.66. The summed E-state index contributed by atoms with van der Waals surface area (Å²) in [5.74, 6) is 1.71. The zero-order valence-electron chi connectivity index (χ0n) is 17.8. The molecule has 0 unspecified atom stereocenters. The molecule has 2 atom stereocenters. The number of aromatic nitrogens is 2. The average Bonchev–Trinajstić information content (AvgIpc) is 3.32. The van der Waals surface area contributed by atoms with E-state index in [-0.39, 0.29) is 23.8 Å². The molecule has 1 saturated heterocycles. The first kappa shape index (κ1) is 21.6. The fourth-order valence-corrected chi connectivity index (χ4v) is 6.18. The molecule has 1 aliphatic heterocycles. The van der Waals surface area contributed by atoms with Gasteiger partial charge in [-0.2, -0.15) is 0 Å². The van der Waals surface area contributed by atoms with E-state index < -0.39 is 0 Å². The molecule has 32 heavy (non-hydrogen) atoms. The summed E-state index contributed by atoms with van der Waals surface area (Å²) < 4.78 is 7.06. The number of fused-ring (bicyclic) bond motifs is 2. The number of furan rings is 1. The second kappa shape index (κ2) is 9.32. The van der Waals surface area contributed by atoms with Crippen LogP contribution in [0.2, 0.25) is 5.02 Å². The smallest absolute Gasteiger partial charge is 0.262 e. The van der Waals surface area contributed by atoms with Gasteiger partial charge < -0.3 is 9.32 Å². The molecular formula is C24H26ClN3O3S. The van der Waals surface area contributed by atoms with E-state index in [0.29, 0.717) is 38.8 Å². The molecule has 8 heteroatoms. The van der Waals surface area contributed by atoms with Gasteiger partial charge in [-0.15, -0.1) is 0 Å². The molecule has 6 nitrogen and oxygen atoms in total. The number of amides is 1. The van der Waals surface area contributed by atoms with Crippen LogP contribution in [0.1, 0.15) is 44.3 Å². The summed E-state index contributed by atoms with van der Waals surface area (Å²) in [5, 5.41) is 1.53. The van der Waals surface area contributed by atoms with Crippen LogP contribution in [0.15, 0.2) is 51.0 Å². The van der Waals surface area contributed by atoms with Crippen molar-refractivity contribution in [1.82, 2.24) is 14.5 Å². The molecule has 3 aromatic rings. The second-order valence-electron chi connectivity index (χ2n) is 8.66. The molecule has 0 radical (unpaired) electrons. The molecule has 1 aromatic carbocycles. The highest BCUT2D eigenvalue weighted by atomic mass is 35.5. The lowest BCUT2D eigenvalue weighted by molar-refractivity contribution is -0.134. The number of likely N-dealkylation sites (tertiary alicyclic amines) is 1. The number of piperidine rings is 1. The molecule has 1 amide bonds. The van der Waals surface area contributed by atoms with Crippen LogP contribution in [0.3, 0.4) is 0 Å². The molecule has 2 aromatic heterocycles. The van der Waals surface area contributed by atoms with Gasteiger partial charge in [-0.05, 0) is 61.9 Å². The predicted molar refractivity (Wildman–Crippen MR) is 126 cm³/mol. The van der Waals surface area contributed by atoms with Gasteiger partial charge in [0.1, 0.15) is 5.76 Å². The topological polar surface area (TPSA) is 68.3 Å². The molecule has 2 fully saturated rings. The van der Waals surface area contributed by atoms with Gasteiger partial charge in [-0.1, -0.05) is 36.2 Å². The van der Waals surface area contributed by atoms with Gasteiger partial charge in [0.15, 0.2) is 5.16 Å². The first-order valence-corrected chi connectivity index (χ1v) is 12.6. The Kier molecular flexibility index (Phi) is 6.28. The summed E-state index contributed by atoms with van der Waals surface area (Å²) in [6.45, 7) is 1.10. The zero-order valence-corrected chi connectivity index (χ0v) is 19.4. The van der Waals surface area contributed by atoms with E-state index in [1.807, 2.05) is 6.07 Å². The van der Waals surface area contributed by atoms with E-state index in [9.17, 15) is 9.59 Å². The van der Waals surface area contributed by atoms with Crippen molar-refractivity contribution in [3.05, 3.63) is 57.7 Å². The number of hydrogen-bond acceptors (Lipinski definition) is 5. The normalized spacial score (nSPS) is 21.0. The van der Waals surface area contributed by atoms with Crippen LogP contribution in [0.4, 0.5) is 0 Å². The van der Waals surface area contributed by atoms with Crippen molar-refractivity contribution in [2.24, 2.45) is 5.92 Å². The number of halogens is 1. The number of hydrogen-bond donors (Lipinski definition) is 0. The molecule has 0 spiro atoms. The minimum Gasteiger partial charge on any atom is -0.467 e. The molecule has 1 saturated carbocycles. The highest BCUT2D eigenvalue weighted by molar-refractivity contribution is 7.99. The minimum absolute atomic E-state index is 0.136. The van der Waals surface area contributed by atoms with Crippen LogP contribution in [0.5, 0.6) is 0 Å². The van der Waals surface area contributed by atoms with Gasteiger partial charge in [-0.25, -0.2) is 4.98 Å². The van der Waals surface area contributed by atoms with E-state index in [2.05, 4.69) is 4.90 Å². The highest BCUT2D eigenvalue weighted by Crippen LogP contribution is 2.35. The Morgan fingerprint density at radius 1 is 1.19 bits per heavy atom. The summed E-state index contributed by atoms with van der Waals surface area (Å²) in [4.78, 5) is 33.3. The van der Waals surface area contributed by atoms with E-state index in [0.717, 1.165) is 19.4 Å². The second-order valence-corrected chi connectivity index (χ2v) is 10.0. The summed E-state index contributed by atoms with van der Waals surface area (Å²) in [5.41, 5.74) is 0.377. The lowest BCUT2D eigenvalue weighted by Crippen LogP contribution is -2.50. The van der Waals surface area contributed by atoms with Gasteiger partial charge >= 0.3 is 0 Å². The number of benzene rings is 1. The summed E-state index contributed by atoms with van der Waals surface area (Å²) in [6.07, 6.45) is 8.72. The lowest BCUT2D eigenvalue weighted by atomic mass is 9.78. The summed E-state index contributed by atoms with van der Waals surface area (Å²) >= 11 is 7.46. The lowest BCUT2D eigenvalue weighted by Gasteiger charge is -2.44. The van der Waals surface area contributed by atoms with Gasteiger partial charge in [0.25, 0.3) is 5.56 Å². The van der Waals surface area contributed by atoms with Gasteiger partial charge in [-0.3, -0.25) is 14.2 Å². The Bertz CT molecular complexity index is 1180. The quantitative estimate of drug-likeness (QED) is 0.388. The Morgan fingerprint density at radius 3 is 2.88 bits per heavy atom. The minimum atomic E-state index is -0.164. The van der Waals surface area contributed by atoms with Crippen LogP contribution >= 0.6 is 23.4 Å². The van der Waals surface area contributed by atoms with Crippen LogP contribution in [-0.2, 0) is 11.3 Å². The summed E-state index contributed by atoms with van der Waals surface area (Å²) in [7, 11) is 0. The maximum Gasteiger partial charge on any atom is 0.262 e. The molecule has 1 aliphatic carbocycles. The molecule has 0 N–H and O–H groups in total. The maximum absolute atomic E-state index is 13.3. The van der Waals surface area contributed by atoms with Crippen LogP contribution < -0.4 is 5.56 Å². The number of rotatable bonds is 5. The molecule has 3 heterocycles. The molecule has 0 bridgehead atoms. The van der Waals surface area contributed by atoms with Crippen molar-refractivity contribution < 1.29 is 9.21 Å². The molecule has 2 aliphatic rings. The molecule has 168 valence electrons. The fraction of sp³-hybridized carbons (Fsp3) is 0.458. The van der Waals surface area contributed by atoms with Crippen LogP contribution in [-0.4, -0.2) is 38.7 Å². The Balaban J connectivity index is 1.42. The maximum atomic E-state index is 13.3. The number of carbonyl (C=O) groups excluding carboxylic acids is 1. The van der Waals surface area contributed by atoms with E-state index in [1.54, 1.807) is 35.1 Å². The zero-order chi connectivity index (χ0) is 22.1. The first-order chi connectivity index (χ1) is 15.6. The van der Waals surface area contributed by atoms with Crippen LogP contribution in [0, 0.1) is 5.92 Å². The van der Waals surface area contributed by atoms with Gasteiger partial charge in [0, 0.05) is 17.6 Å². The predicted octanol–water partition coefficient (Wildman–Crippen LogP) is 4.96. The van der Waals surface area contributed by atoms with Crippen LogP contribution in [0.25, 0.3) is 10.9 Å². The van der Waals surface area contributed by atoms with Crippen molar-refractivity contribution >= 4 is 40.2 Å². The van der Waals surface area contributed by atoms with Crippen molar-refractivity contribution in [3.8, 4) is 0 Å². The number of carbonyl (C=O) groups is 1. The van der Waals surface area contributed by atoms with Crippen molar-refractivity contribution in [2.45, 2.75) is 56.3 Å². The average molecular weight is 472 g/mol. The van der Waals surface area contributed by atoms with Crippen molar-refractivity contribution in [2.75, 3.05) is 12.3 Å². The van der Waals surface area contributed by atoms with E-state index in [1.165, 1.54) is 37.4 Å². The Hall–Kier alpha value is -2.25. The van der Waals surface area contributed by atoms with E-state index in [4.69, 9.17) is 21.0 Å². The Labute approximate surface area is 195 Å². The first-order valence-electron chi connectivity index (χ1n) is 11.2. The molecule has 5 rings (SSSR count). The fourth-order valence-electron chi connectivity index (χ4n) is 5.13. The SMILES string of the molecule is O=C(CSc1nc2cc(Cl)ccc2c(=O)n1Cc1ccco1)N1CCC[C@@H]2CCCC[C@H]21. The van der Waals surface area contributed by atoms with Crippen molar-refractivity contribution in [1.29, 1.82) is 0 Å². The third-order valence-corrected chi connectivity index (χ3v) is 7.86. The Morgan fingerprint density at radius 2 is 2.03 bits per heavy atom. The summed E-state index contributed by atoms with van der Waals surface area (Å²) in [6, 6.07) is 9.08. The standard InChI is InChI=1S/C24H26ClN3O3S/c25-17-9-10-19-20(13-17)26-24(28(23(19)30)14-18-7-4-12-31-18)32-15-22(29)27-11-3-6-16-5-1-2-8-21(16)27/h4,7,9-10,12-13,16,21H,1-3,5-6,8,11,14-15H2/t16-,21+/m0/s1. The highest BCUT2D eigenvalue weighted by Gasteiger charge is 2.35. The number of thioether (sulfide) groups is 1. The van der Waals surface area contributed by atoms with E-state index >= 15 is 0 Å². The van der Waals surface area contributed by atoms with Gasteiger partial charge in [0.2, 0.25) is 5.91 Å². The molecular weight excluding hydrogens is 446 g/mol. The largest absolute Gasteiger partial charge is 0.467 e.